The van der Waals surface area contributed by atoms with E-state index in [1.165, 1.54) is 5.69 Å². The average Bonchev–Trinajstić information content (AvgIpc) is 2.52. The van der Waals surface area contributed by atoms with Crippen molar-refractivity contribution < 1.29 is 4.74 Å². The number of hydrogen-bond acceptors (Lipinski definition) is 3. The van der Waals surface area contributed by atoms with Crippen molar-refractivity contribution in [2.45, 2.75) is 13.5 Å². The first-order valence-electron chi connectivity index (χ1n) is 4.90. The lowest BCUT2D eigenvalue weighted by Crippen LogP contribution is -2.24. The van der Waals surface area contributed by atoms with Gasteiger partial charge in [0.25, 0.3) is 0 Å². The van der Waals surface area contributed by atoms with Gasteiger partial charge in [0, 0.05) is 40.1 Å². The van der Waals surface area contributed by atoms with E-state index in [1.54, 1.807) is 7.11 Å². The van der Waals surface area contributed by atoms with E-state index in [-0.39, 0.29) is 0 Å². The van der Waals surface area contributed by atoms with Gasteiger partial charge in [0.05, 0.1) is 5.69 Å². The summed E-state index contributed by atoms with van der Waals surface area (Å²) in [6.07, 6.45) is 1.82. The van der Waals surface area contributed by atoms with E-state index in [2.05, 4.69) is 17.3 Å². The predicted octanol–water partition coefficient (Wildman–Crippen LogP) is 0.792. The second-order valence-electron chi connectivity index (χ2n) is 3.64. The first-order chi connectivity index (χ1) is 6.74. The Morgan fingerprint density at radius 2 is 2.43 bits per heavy atom. The topological polar surface area (TPSA) is 39.1 Å². The molecule has 0 aliphatic heterocycles. The van der Waals surface area contributed by atoms with Crippen molar-refractivity contribution in [1.29, 1.82) is 0 Å². The minimum Gasteiger partial charge on any atom is -0.384 e. The van der Waals surface area contributed by atoms with Gasteiger partial charge in [0.15, 0.2) is 0 Å². The molecule has 0 aliphatic rings. The number of aryl methyl sites for hydroxylation is 1. The minimum absolute atomic E-state index is 0.549. The molecule has 1 unspecified atom stereocenters. The highest BCUT2D eigenvalue weighted by molar-refractivity contribution is 4.98. The van der Waals surface area contributed by atoms with Crippen LogP contribution in [-0.2, 0) is 18.3 Å². The lowest BCUT2D eigenvalue weighted by Gasteiger charge is -2.11. The van der Waals surface area contributed by atoms with Gasteiger partial charge in [-0.2, -0.15) is 5.10 Å². The van der Waals surface area contributed by atoms with E-state index >= 15 is 0 Å². The molecule has 1 rings (SSSR count). The van der Waals surface area contributed by atoms with Crippen LogP contribution in [0.1, 0.15) is 12.6 Å². The first-order valence-corrected chi connectivity index (χ1v) is 4.90. The van der Waals surface area contributed by atoms with Gasteiger partial charge < -0.3 is 10.1 Å². The van der Waals surface area contributed by atoms with E-state index in [0.717, 1.165) is 19.7 Å². The maximum Gasteiger partial charge on any atom is 0.0518 e. The summed E-state index contributed by atoms with van der Waals surface area (Å²) in [6.45, 7) is 4.81. The Balaban J connectivity index is 2.19. The third kappa shape index (κ3) is 3.47. The zero-order valence-electron chi connectivity index (χ0n) is 9.16. The Morgan fingerprint density at radius 1 is 1.64 bits per heavy atom. The largest absolute Gasteiger partial charge is 0.384 e. The van der Waals surface area contributed by atoms with Crippen molar-refractivity contribution in [3.8, 4) is 0 Å². The molecule has 0 aromatic carbocycles. The highest BCUT2D eigenvalue weighted by atomic mass is 16.5. The third-order valence-electron chi connectivity index (χ3n) is 2.17. The van der Waals surface area contributed by atoms with Crippen LogP contribution in [0.5, 0.6) is 0 Å². The first kappa shape index (κ1) is 11.2. The Kier molecular flexibility index (Phi) is 4.62. The maximum atomic E-state index is 5.06. The Hall–Kier alpha value is -0.870. The molecule has 14 heavy (non-hydrogen) atoms. The van der Waals surface area contributed by atoms with E-state index in [1.807, 2.05) is 24.0 Å². The van der Waals surface area contributed by atoms with Crippen molar-refractivity contribution in [3.05, 3.63) is 18.0 Å². The molecule has 1 N–H and O–H groups in total. The molecule has 0 saturated heterocycles. The minimum atomic E-state index is 0.549. The molecule has 0 bridgehead atoms. The van der Waals surface area contributed by atoms with Crippen LogP contribution >= 0.6 is 0 Å². The van der Waals surface area contributed by atoms with Crippen LogP contribution in [0, 0.1) is 5.92 Å². The Bertz CT molecular complexity index is 260. The normalized spacial score (nSPS) is 13.1. The fraction of sp³-hybridized carbons (Fsp3) is 0.700. The lowest BCUT2D eigenvalue weighted by molar-refractivity contribution is 0.158. The van der Waals surface area contributed by atoms with Gasteiger partial charge in [-0.1, -0.05) is 6.92 Å². The van der Waals surface area contributed by atoms with Crippen molar-refractivity contribution in [1.82, 2.24) is 15.1 Å². The molecule has 0 amide bonds. The Labute approximate surface area is 85.3 Å². The van der Waals surface area contributed by atoms with Crippen molar-refractivity contribution >= 4 is 0 Å². The van der Waals surface area contributed by atoms with Gasteiger partial charge in [0.2, 0.25) is 0 Å². The van der Waals surface area contributed by atoms with Gasteiger partial charge in [-0.05, 0) is 12.0 Å². The van der Waals surface area contributed by atoms with Crippen LogP contribution in [0.4, 0.5) is 0 Å². The quantitative estimate of drug-likeness (QED) is 0.733. The number of nitrogens with one attached hydrogen (secondary N) is 1. The van der Waals surface area contributed by atoms with E-state index in [0.29, 0.717) is 5.92 Å². The van der Waals surface area contributed by atoms with Gasteiger partial charge >= 0.3 is 0 Å². The molecule has 0 fully saturated rings. The van der Waals surface area contributed by atoms with Crippen molar-refractivity contribution in [2.75, 3.05) is 20.3 Å². The number of nitrogens with zero attached hydrogens (tertiary/aromatic N) is 2. The monoisotopic (exact) mass is 197 g/mol. The summed E-state index contributed by atoms with van der Waals surface area (Å²) in [5.74, 6) is 0.549. The third-order valence-corrected chi connectivity index (χ3v) is 2.17. The average molecular weight is 197 g/mol. The molecule has 4 heteroatoms. The number of hydrogen-bond donors (Lipinski definition) is 1. The maximum absolute atomic E-state index is 5.06. The molecule has 0 aliphatic carbocycles. The zero-order valence-corrected chi connectivity index (χ0v) is 9.16. The second-order valence-corrected chi connectivity index (χ2v) is 3.64. The highest BCUT2D eigenvalue weighted by Crippen LogP contribution is 1.97. The number of aromatic nitrogens is 2. The summed E-state index contributed by atoms with van der Waals surface area (Å²) >= 11 is 0. The summed E-state index contributed by atoms with van der Waals surface area (Å²) in [6, 6.07) is 2.02. The van der Waals surface area contributed by atoms with Crippen molar-refractivity contribution in [3.63, 3.8) is 0 Å². The van der Waals surface area contributed by atoms with Gasteiger partial charge in [-0.15, -0.1) is 0 Å². The highest BCUT2D eigenvalue weighted by Gasteiger charge is 2.01. The fourth-order valence-corrected chi connectivity index (χ4v) is 1.36. The summed E-state index contributed by atoms with van der Waals surface area (Å²) in [4.78, 5) is 0. The summed E-state index contributed by atoms with van der Waals surface area (Å²) in [5, 5.41) is 7.48. The van der Waals surface area contributed by atoms with Gasteiger partial charge in [0.1, 0.15) is 0 Å². The molecule has 80 valence electrons. The molecular formula is C10H19N3O. The molecule has 0 spiro atoms. The number of rotatable bonds is 6. The van der Waals surface area contributed by atoms with E-state index in [9.17, 15) is 0 Å². The summed E-state index contributed by atoms with van der Waals surface area (Å²) < 4.78 is 6.94. The molecular weight excluding hydrogens is 178 g/mol. The standard InChI is InChI=1S/C10H19N3O/c1-9(8-14-3)6-11-7-10-4-5-12-13(10)2/h4-5,9,11H,6-8H2,1-3H3. The predicted molar refractivity (Wildman–Crippen MR) is 56.0 cm³/mol. The van der Waals surface area contributed by atoms with Crippen LogP contribution < -0.4 is 5.32 Å². The van der Waals surface area contributed by atoms with E-state index in [4.69, 9.17) is 4.74 Å². The van der Waals surface area contributed by atoms with Crippen molar-refractivity contribution in [2.24, 2.45) is 13.0 Å². The number of methoxy groups -OCH3 is 1. The Morgan fingerprint density at radius 3 is 3.00 bits per heavy atom. The zero-order chi connectivity index (χ0) is 10.4. The molecule has 1 aromatic heterocycles. The summed E-state index contributed by atoms with van der Waals surface area (Å²) in [7, 11) is 3.69. The van der Waals surface area contributed by atoms with Gasteiger partial charge in [-0.25, -0.2) is 0 Å². The van der Waals surface area contributed by atoms with E-state index < -0.39 is 0 Å². The second kappa shape index (κ2) is 5.78. The lowest BCUT2D eigenvalue weighted by atomic mass is 10.2. The van der Waals surface area contributed by atoms with Gasteiger partial charge in [-0.3, -0.25) is 4.68 Å². The SMILES string of the molecule is COCC(C)CNCc1ccnn1C. The van der Waals surface area contributed by atoms with Crippen LogP contribution in [-0.4, -0.2) is 30.0 Å². The fourth-order valence-electron chi connectivity index (χ4n) is 1.36. The van der Waals surface area contributed by atoms with Crippen LogP contribution in [0.3, 0.4) is 0 Å². The number of ether oxygens (including phenoxy) is 1. The van der Waals surface area contributed by atoms with Crippen LogP contribution in [0.15, 0.2) is 12.3 Å². The molecule has 0 saturated carbocycles. The summed E-state index contributed by atoms with van der Waals surface area (Å²) in [5.41, 5.74) is 1.20. The smallest absolute Gasteiger partial charge is 0.0518 e. The molecule has 1 heterocycles. The molecule has 4 nitrogen and oxygen atoms in total. The molecule has 1 aromatic rings. The molecule has 1 atom stereocenters. The molecule has 0 radical (unpaired) electrons. The van der Waals surface area contributed by atoms with Crippen LogP contribution in [0.2, 0.25) is 0 Å². The van der Waals surface area contributed by atoms with Crippen LogP contribution in [0.25, 0.3) is 0 Å².